The van der Waals surface area contributed by atoms with Gasteiger partial charge < -0.3 is 0 Å². The number of hydrogen-bond acceptors (Lipinski definition) is 3. The summed E-state index contributed by atoms with van der Waals surface area (Å²) in [6.45, 7) is 1.93. The first-order valence-corrected chi connectivity index (χ1v) is 3.94. The smallest absolute Gasteiger partial charge is 0.235 e. The predicted octanol–water partition coefficient (Wildman–Crippen LogP) is 2.30. The summed E-state index contributed by atoms with van der Waals surface area (Å²) >= 11 is 1.58. The van der Waals surface area contributed by atoms with E-state index >= 15 is 0 Å². The van der Waals surface area contributed by atoms with Crippen LogP contribution in [-0.4, -0.2) is 4.92 Å². The van der Waals surface area contributed by atoms with Crippen molar-refractivity contribution >= 4 is 17.4 Å². The molecule has 0 amide bonds. The summed E-state index contributed by atoms with van der Waals surface area (Å²) in [5.74, 6) is 0. The Morgan fingerprint density at radius 1 is 1.73 bits per heavy atom. The minimum absolute atomic E-state index is 0.461. The third-order valence-corrected chi connectivity index (χ3v) is 2.14. The second-order valence-corrected chi connectivity index (χ2v) is 3.15. The molecule has 0 aliphatic rings. The molecule has 0 aliphatic heterocycles. The van der Waals surface area contributed by atoms with Gasteiger partial charge in [-0.3, -0.25) is 10.1 Å². The molecule has 3 nitrogen and oxygen atoms in total. The summed E-state index contributed by atoms with van der Waals surface area (Å²) < 4.78 is 0. The van der Waals surface area contributed by atoms with Gasteiger partial charge in [-0.15, -0.1) is 11.3 Å². The van der Waals surface area contributed by atoms with Gasteiger partial charge in [0, 0.05) is 11.0 Å². The third-order valence-electron chi connectivity index (χ3n) is 1.27. The molecule has 1 rings (SSSR count). The number of nitrogens with zero attached hydrogens (tertiary/aromatic N) is 1. The molecule has 0 spiro atoms. The van der Waals surface area contributed by atoms with Crippen molar-refractivity contribution in [2.75, 3.05) is 0 Å². The Labute approximate surface area is 68.1 Å². The van der Waals surface area contributed by atoms with Crippen LogP contribution >= 0.6 is 11.3 Å². The lowest BCUT2D eigenvalue weighted by Gasteiger charge is -1.84. The third kappa shape index (κ3) is 2.16. The van der Waals surface area contributed by atoms with E-state index in [1.165, 1.54) is 6.08 Å². The quantitative estimate of drug-likeness (QED) is 0.503. The molecule has 0 aromatic carbocycles. The highest BCUT2D eigenvalue weighted by molar-refractivity contribution is 7.10. The van der Waals surface area contributed by atoms with Crippen molar-refractivity contribution in [2.45, 2.75) is 6.92 Å². The van der Waals surface area contributed by atoms with Gasteiger partial charge in [0.15, 0.2) is 0 Å². The Morgan fingerprint density at radius 3 is 2.91 bits per heavy atom. The van der Waals surface area contributed by atoms with Crippen LogP contribution in [0.2, 0.25) is 0 Å². The van der Waals surface area contributed by atoms with Crippen LogP contribution in [0, 0.1) is 17.0 Å². The van der Waals surface area contributed by atoms with Crippen LogP contribution in [0.5, 0.6) is 0 Å². The van der Waals surface area contributed by atoms with E-state index in [9.17, 15) is 10.1 Å². The van der Waals surface area contributed by atoms with Crippen molar-refractivity contribution in [3.63, 3.8) is 0 Å². The van der Waals surface area contributed by atoms with E-state index in [0.717, 1.165) is 16.6 Å². The van der Waals surface area contributed by atoms with Crippen LogP contribution in [-0.2, 0) is 0 Å². The van der Waals surface area contributed by atoms with Crippen LogP contribution in [0.15, 0.2) is 17.6 Å². The lowest BCUT2D eigenvalue weighted by molar-refractivity contribution is -0.400. The van der Waals surface area contributed by atoms with E-state index in [1.54, 1.807) is 11.3 Å². The zero-order valence-corrected chi connectivity index (χ0v) is 6.80. The summed E-state index contributed by atoms with van der Waals surface area (Å²) in [5.41, 5.74) is 0.923. The van der Waals surface area contributed by atoms with Crippen molar-refractivity contribution in [3.05, 3.63) is 38.2 Å². The van der Waals surface area contributed by atoms with Gasteiger partial charge in [0.2, 0.25) is 6.20 Å². The van der Waals surface area contributed by atoms with E-state index in [-0.39, 0.29) is 0 Å². The molecule has 0 N–H and O–H groups in total. The van der Waals surface area contributed by atoms with E-state index in [0.29, 0.717) is 0 Å². The average molecular weight is 169 g/mol. The summed E-state index contributed by atoms with van der Waals surface area (Å²) in [6, 6.07) is 1.86. The van der Waals surface area contributed by atoms with E-state index in [1.807, 2.05) is 18.4 Å². The highest BCUT2D eigenvalue weighted by Crippen LogP contribution is 2.15. The van der Waals surface area contributed by atoms with Crippen molar-refractivity contribution in [1.29, 1.82) is 0 Å². The lowest BCUT2D eigenvalue weighted by Crippen LogP contribution is -1.81. The molecule has 0 radical (unpaired) electrons. The fraction of sp³-hybridized carbons (Fsp3) is 0.143. The average Bonchev–Trinajstić information content (AvgIpc) is 2.31. The van der Waals surface area contributed by atoms with Gasteiger partial charge in [0.1, 0.15) is 0 Å². The van der Waals surface area contributed by atoms with Crippen molar-refractivity contribution in [2.24, 2.45) is 0 Å². The molecule has 0 aliphatic carbocycles. The lowest BCUT2D eigenvalue weighted by atomic mass is 10.3. The zero-order valence-electron chi connectivity index (χ0n) is 5.98. The molecule has 1 heterocycles. The predicted molar refractivity (Wildman–Crippen MR) is 45.1 cm³/mol. The van der Waals surface area contributed by atoms with E-state index < -0.39 is 4.92 Å². The molecule has 0 fully saturated rings. The summed E-state index contributed by atoms with van der Waals surface area (Å²) in [6.07, 6.45) is 2.46. The highest BCUT2D eigenvalue weighted by atomic mass is 32.1. The monoisotopic (exact) mass is 169 g/mol. The van der Waals surface area contributed by atoms with Gasteiger partial charge in [-0.05, 0) is 23.9 Å². The van der Waals surface area contributed by atoms with Gasteiger partial charge in [-0.25, -0.2) is 0 Å². The minimum atomic E-state index is -0.461. The standard InChI is InChI=1S/C7H7NO2S/c1-6-7(3-5-11-6)2-4-8(9)10/h2-5H,1H3. The Bertz CT molecular complexity index is 290. The largest absolute Gasteiger partial charge is 0.259 e. The van der Waals surface area contributed by atoms with Crippen LogP contribution in [0.25, 0.3) is 6.08 Å². The van der Waals surface area contributed by atoms with Crippen molar-refractivity contribution < 1.29 is 4.92 Å². The molecule has 1 aromatic heterocycles. The Balaban J connectivity index is 2.79. The maximum absolute atomic E-state index is 9.93. The first-order chi connectivity index (χ1) is 5.20. The maximum Gasteiger partial charge on any atom is 0.235 e. The number of nitro groups is 1. The van der Waals surface area contributed by atoms with Gasteiger partial charge in [0.25, 0.3) is 0 Å². The molecule has 58 valence electrons. The molecular weight excluding hydrogens is 162 g/mol. The first-order valence-electron chi connectivity index (χ1n) is 3.06. The molecular formula is C7H7NO2S. The van der Waals surface area contributed by atoms with E-state index in [4.69, 9.17) is 0 Å². The van der Waals surface area contributed by atoms with Gasteiger partial charge >= 0.3 is 0 Å². The number of hydrogen-bond donors (Lipinski definition) is 0. The molecule has 0 saturated heterocycles. The highest BCUT2D eigenvalue weighted by Gasteiger charge is 1.95. The maximum atomic E-state index is 9.93. The van der Waals surface area contributed by atoms with Crippen molar-refractivity contribution in [1.82, 2.24) is 0 Å². The van der Waals surface area contributed by atoms with Gasteiger partial charge in [0.05, 0.1) is 4.92 Å². The Morgan fingerprint density at radius 2 is 2.45 bits per heavy atom. The molecule has 0 unspecified atom stereocenters. The minimum Gasteiger partial charge on any atom is -0.259 e. The SMILES string of the molecule is Cc1sccc1C=C[N+](=O)[O-]. The number of rotatable bonds is 2. The molecule has 0 saturated carbocycles. The first kappa shape index (κ1) is 7.94. The summed E-state index contributed by atoms with van der Waals surface area (Å²) in [5, 5.41) is 11.8. The van der Waals surface area contributed by atoms with Gasteiger partial charge in [-0.1, -0.05) is 0 Å². The van der Waals surface area contributed by atoms with Crippen molar-refractivity contribution in [3.8, 4) is 0 Å². The number of aryl methyl sites for hydroxylation is 1. The van der Waals surface area contributed by atoms with Crippen LogP contribution in [0.1, 0.15) is 10.4 Å². The molecule has 11 heavy (non-hydrogen) atoms. The second-order valence-electron chi connectivity index (χ2n) is 2.03. The summed E-state index contributed by atoms with van der Waals surface area (Å²) in [7, 11) is 0. The Kier molecular flexibility index (Phi) is 2.38. The Hall–Kier alpha value is -1.16. The zero-order chi connectivity index (χ0) is 8.27. The fourth-order valence-corrected chi connectivity index (χ4v) is 1.40. The van der Waals surface area contributed by atoms with Gasteiger partial charge in [-0.2, -0.15) is 0 Å². The summed E-state index contributed by atoms with van der Waals surface area (Å²) in [4.78, 5) is 10.6. The second kappa shape index (κ2) is 3.30. The normalized spacial score (nSPS) is 10.6. The molecule has 4 heteroatoms. The van der Waals surface area contributed by atoms with E-state index in [2.05, 4.69) is 0 Å². The molecule has 1 aromatic rings. The van der Waals surface area contributed by atoms with Crippen LogP contribution < -0.4 is 0 Å². The van der Waals surface area contributed by atoms with Crippen LogP contribution in [0.4, 0.5) is 0 Å². The fourth-order valence-electron chi connectivity index (χ4n) is 0.709. The topological polar surface area (TPSA) is 43.1 Å². The van der Waals surface area contributed by atoms with Crippen LogP contribution in [0.3, 0.4) is 0 Å². The number of thiophene rings is 1. The molecule has 0 bridgehead atoms. The molecule has 0 atom stereocenters.